The Labute approximate surface area is 115 Å². The molecule has 0 N–H and O–H groups in total. The lowest BCUT2D eigenvalue weighted by Crippen LogP contribution is -2.40. The third-order valence-corrected chi connectivity index (χ3v) is 3.65. The molecule has 0 spiro atoms. The normalized spacial score (nSPS) is 18.2. The molecule has 1 saturated heterocycles. The number of benzene rings is 1. The molecule has 4 nitrogen and oxygen atoms in total. The first kappa shape index (κ1) is 13.2. The summed E-state index contributed by atoms with van der Waals surface area (Å²) in [5.41, 5.74) is 1.01. The van der Waals surface area contributed by atoms with Crippen molar-refractivity contribution in [2.45, 2.75) is 6.54 Å². The minimum Gasteiger partial charge on any atom is -0.398 e. The second kappa shape index (κ2) is 6.11. The SMILES string of the molecule is CON=C1SCCN(Cc2cccc(Cl)c2)C1=O. The van der Waals surface area contributed by atoms with Crippen molar-refractivity contribution in [3.05, 3.63) is 34.9 Å². The van der Waals surface area contributed by atoms with Gasteiger partial charge in [-0.3, -0.25) is 4.79 Å². The molecule has 1 aliphatic rings. The molecule has 0 aromatic heterocycles. The summed E-state index contributed by atoms with van der Waals surface area (Å²) in [6.45, 7) is 1.25. The molecular weight excluding hydrogens is 272 g/mol. The van der Waals surface area contributed by atoms with Gasteiger partial charge in [0.05, 0.1) is 0 Å². The van der Waals surface area contributed by atoms with Crippen molar-refractivity contribution in [2.75, 3.05) is 19.4 Å². The number of oxime groups is 1. The molecule has 2 rings (SSSR count). The Morgan fingerprint density at radius 2 is 2.39 bits per heavy atom. The van der Waals surface area contributed by atoms with Gasteiger partial charge in [0.1, 0.15) is 7.11 Å². The van der Waals surface area contributed by atoms with Crippen molar-refractivity contribution >= 4 is 34.3 Å². The molecule has 0 radical (unpaired) electrons. The second-order valence-corrected chi connectivity index (χ2v) is 5.30. The topological polar surface area (TPSA) is 41.9 Å². The zero-order valence-corrected chi connectivity index (χ0v) is 11.5. The van der Waals surface area contributed by atoms with Gasteiger partial charge in [-0.15, -0.1) is 0 Å². The van der Waals surface area contributed by atoms with E-state index >= 15 is 0 Å². The van der Waals surface area contributed by atoms with E-state index in [1.54, 1.807) is 4.90 Å². The minimum absolute atomic E-state index is 0.0897. The van der Waals surface area contributed by atoms with Crippen LogP contribution in [0.5, 0.6) is 0 Å². The Morgan fingerprint density at radius 3 is 3.11 bits per heavy atom. The molecule has 0 bridgehead atoms. The predicted octanol–water partition coefficient (Wildman–Crippen LogP) is 2.38. The summed E-state index contributed by atoms with van der Waals surface area (Å²) >= 11 is 7.35. The van der Waals surface area contributed by atoms with Crippen molar-refractivity contribution in [2.24, 2.45) is 5.16 Å². The predicted molar refractivity (Wildman–Crippen MR) is 73.8 cm³/mol. The van der Waals surface area contributed by atoms with Crippen molar-refractivity contribution in [1.82, 2.24) is 4.90 Å². The molecule has 1 aliphatic heterocycles. The van der Waals surface area contributed by atoms with Crippen LogP contribution in [0.1, 0.15) is 5.56 Å². The van der Waals surface area contributed by atoms with Crippen LogP contribution in [0.4, 0.5) is 0 Å². The van der Waals surface area contributed by atoms with Gasteiger partial charge in [-0.05, 0) is 17.7 Å². The molecule has 6 heteroatoms. The first-order valence-electron chi connectivity index (χ1n) is 5.48. The highest BCUT2D eigenvalue weighted by molar-refractivity contribution is 8.15. The summed E-state index contributed by atoms with van der Waals surface area (Å²) in [6, 6.07) is 7.51. The van der Waals surface area contributed by atoms with Gasteiger partial charge in [-0.2, -0.15) is 0 Å². The lowest BCUT2D eigenvalue weighted by molar-refractivity contribution is -0.124. The number of thioether (sulfide) groups is 1. The number of rotatable bonds is 3. The zero-order valence-electron chi connectivity index (χ0n) is 9.93. The van der Waals surface area contributed by atoms with E-state index in [-0.39, 0.29) is 5.91 Å². The van der Waals surface area contributed by atoms with Gasteiger partial charge >= 0.3 is 0 Å². The molecule has 1 amide bonds. The Bertz CT molecular complexity index is 479. The number of amides is 1. The first-order valence-corrected chi connectivity index (χ1v) is 6.84. The summed E-state index contributed by atoms with van der Waals surface area (Å²) in [6.07, 6.45) is 0. The lowest BCUT2D eigenvalue weighted by Gasteiger charge is -2.26. The molecule has 0 saturated carbocycles. The molecule has 1 heterocycles. The molecule has 1 fully saturated rings. The third-order valence-electron chi connectivity index (χ3n) is 2.51. The van der Waals surface area contributed by atoms with E-state index in [0.29, 0.717) is 23.2 Å². The molecule has 0 aliphatic carbocycles. The highest BCUT2D eigenvalue weighted by Crippen LogP contribution is 2.19. The fraction of sp³-hybridized carbons (Fsp3) is 0.333. The van der Waals surface area contributed by atoms with Crippen LogP contribution >= 0.6 is 23.4 Å². The quantitative estimate of drug-likeness (QED) is 0.800. The van der Waals surface area contributed by atoms with Gasteiger partial charge in [0, 0.05) is 23.9 Å². The summed E-state index contributed by atoms with van der Waals surface area (Å²) in [5, 5.41) is 4.82. The summed E-state index contributed by atoms with van der Waals surface area (Å²) < 4.78 is 0. The Hall–Kier alpha value is -1.20. The molecule has 1 aromatic carbocycles. The van der Waals surface area contributed by atoms with Crippen LogP contribution in [0, 0.1) is 0 Å². The molecule has 18 heavy (non-hydrogen) atoms. The molecular formula is C12H13ClN2O2S. The summed E-state index contributed by atoms with van der Waals surface area (Å²) in [7, 11) is 1.44. The number of hydrogen-bond acceptors (Lipinski definition) is 4. The summed E-state index contributed by atoms with van der Waals surface area (Å²) in [4.78, 5) is 18.5. The fourth-order valence-electron chi connectivity index (χ4n) is 1.71. The van der Waals surface area contributed by atoms with E-state index in [2.05, 4.69) is 9.99 Å². The van der Waals surface area contributed by atoms with E-state index in [1.165, 1.54) is 18.9 Å². The average Bonchev–Trinajstić information content (AvgIpc) is 2.35. The zero-order chi connectivity index (χ0) is 13.0. The van der Waals surface area contributed by atoms with Crippen LogP contribution in [-0.4, -0.2) is 35.3 Å². The van der Waals surface area contributed by atoms with Crippen molar-refractivity contribution in [3.8, 4) is 0 Å². The van der Waals surface area contributed by atoms with Crippen LogP contribution in [0.2, 0.25) is 5.02 Å². The molecule has 96 valence electrons. The summed E-state index contributed by atoms with van der Waals surface area (Å²) in [5.74, 6) is 0.738. The maximum absolute atomic E-state index is 12.1. The Kier molecular flexibility index (Phi) is 4.49. The van der Waals surface area contributed by atoms with Crippen molar-refractivity contribution in [3.63, 3.8) is 0 Å². The van der Waals surface area contributed by atoms with Gasteiger partial charge in [0.25, 0.3) is 5.91 Å². The highest BCUT2D eigenvalue weighted by atomic mass is 35.5. The number of nitrogens with zero attached hydrogens (tertiary/aromatic N) is 2. The van der Waals surface area contributed by atoms with Crippen molar-refractivity contribution in [1.29, 1.82) is 0 Å². The number of carbonyl (C=O) groups is 1. The number of hydrogen-bond donors (Lipinski definition) is 0. The van der Waals surface area contributed by atoms with E-state index in [0.717, 1.165) is 11.3 Å². The molecule has 1 aromatic rings. The van der Waals surface area contributed by atoms with Gasteiger partial charge in [-0.1, -0.05) is 40.7 Å². The minimum atomic E-state index is -0.0897. The smallest absolute Gasteiger partial charge is 0.282 e. The van der Waals surface area contributed by atoms with Crippen LogP contribution < -0.4 is 0 Å². The standard InChI is InChI=1S/C12H13ClN2O2S/c1-17-14-11-12(16)15(5-6-18-11)8-9-3-2-4-10(13)7-9/h2-4,7H,5-6,8H2,1H3. The van der Waals surface area contributed by atoms with Gasteiger partial charge in [0.15, 0.2) is 0 Å². The number of halogens is 1. The monoisotopic (exact) mass is 284 g/mol. The van der Waals surface area contributed by atoms with E-state index in [9.17, 15) is 4.79 Å². The van der Waals surface area contributed by atoms with Crippen LogP contribution in [0.25, 0.3) is 0 Å². The second-order valence-electron chi connectivity index (χ2n) is 3.78. The first-order chi connectivity index (χ1) is 8.70. The Balaban J connectivity index is 2.09. The van der Waals surface area contributed by atoms with Gasteiger partial charge < -0.3 is 9.74 Å². The molecule has 0 atom stereocenters. The number of carbonyl (C=O) groups excluding carboxylic acids is 1. The average molecular weight is 285 g/mol. The van der Waals surface area contributed by atoms with Gasteiger partial charge in [-0.25, -0.2) is 0 Å². The van der Waals surface area contributed by atoms with Gasteiger partial charge in [0.2, 0.25) is 5.04 Å². The van der Waals surface area contributed by atoms with E-state index in [1.807, 2.05) is 24.3 Å². The van der Waals surface area contributed by atoms with Crippen LogP contribution in [0.15, 0.2) is 29.4 Å². The maximum Gasteiger partial charge on any atom is 0.282 e. The fourth-order valence-corrected chi connectivity index (χ4v) is 2.80. The van der Waals surface area contributed by atoms with E-state index in [4.69, 9.17) is 11.6 Å². The Morgan fingerprint density at radius 1 is 1.56 bits per heavy atom. The maximum atomic E-state index is 12.1. The van der Waals surface area contributed by atoms with Crippen molar-refractivity contribution < 1.29 is 9.63 Å². The third kappa shape index (κ3) is 3.17. The largest absolute Gasteiger partial charge is 0.398 e. The van der Waals surface area contributed by atoms with Crippen LogP contribution in [0.3, 0.4) is 0 Å². The van der Waals surface area contributed by atoms with Crippen LogP contribution in [-0.2, 0) is 16.2 Å². The molecule has 0 unspecified atom stereocenters. The van der Waals surface area contributed by atoms with E-state index < -0.39 is 0 Å². The highest BCUT2D eigenvalue weighted by Gasteiger charge is 2.26. The lowest BCUT2D eigenvalue weighted by atomic mass is 10.2.